The molecule has 0 aliphatic carbocycles. The number of halogens is 3. The largest absolute Gasteiger partial charge is 0.497 e. The Morgan fingerprint density at radius 1 is 0.968 bits per heavy atom. The minimum Gasteiger partial charge on any atom is -0.497 e. The van der Waals surface area contributed by atoms with Gasteiger partial charge in [-0.25, -0.2) is 4.68 Å². The predicted molar refractivity (Wildman–Crippen MR) is 107 cm³/mol. The van der Waals surface area contributed by atoms with Gasteiger partial charge in [-0.3, -0.25) is 4.79 Å². The van der Waals surface area contributed by atoms with Crippen LogP contribution in [0.4, 0.5) is 13.2 Å². The molecule has 1 aromatic heterocycles. The number of ether oxygens (including phenoxy) is 3. The van der Waals surface area contributed by atoms with Crippen LogP contribution < -0.4 is 15.0 Å². The molecule has 3 rings (SSSR count). The summed E-state index contributed by atoms with van der Waals surface area (Å²) in [6, 6.07) is 15.9. The molecule has 0 fully saturated rings. The van der Waals surface area contributed by atoms with Crippen LogP contribution in [0.1, 0.15) is 16.7 Å². The van der Waals surface area contributed by atoms with Crippen molar-refractivity contribution >= 4 is 0 Å². The molecule has 0 radical (unpaired) electrons. The molecule has 6 nitrogen and oxygen atoms in total. The van der Waals surface area contributed by atoms with E-state index in [9.17, 15) is 18.0 Å². The van der Waals surface area contributed by atoms with Crippen LogP contribution in [0.15, 0.2) is 65.6 Å². The van der Waals surface area contributed by atoms with E-state index in [2.05, 4.69) is 5.10 Å². The summed E-state index contributed by atoms with van der Waals surface area (Å²) >= 11 is 0. The molecule has 1 heterocycles. The molecule has 164 valence electrons. The Bertz CT molecular complexity index is 1040. The molecule has 9 heteroatoms. The minimum atomic E-state index is -4.89. The van der Waals surface area contributed by atoms with Crippen molar-refractivity contribution in [2.24, 2.45) is 0 Å². The van der Waals surface area contributed by atoms with Gasteiger partial charge in [0.2, 0.25) is 0 Å². The van der Waals surface area contributed by atoms with E-state index >= 15 is 0 Å². The molecule has 0 saturated carbocycles. The number of hydrogen-bond donors (Lipinski definition) is 0. The normalized spacial score (nSPS) is 11.4. The van der Waals surface area contributed by atoms with E-state index in [1.807, 2.05) is 30.3 Å². The number of nitrogens with zero attached hydrogens (tertiary/aromatic N) is 2. The molecule has 0 aliphatic rings. The second-order valence-corrected chi connectivity index (χ2v) is 6.58. The molecule has 0 bridgehead atoms. The monoisotopic (exact) mass is 434 g/mol. The van der Waals surface area contributed by atoms with Gasteiger partial charge in [0.15, 0.2) is 11.3 Å². The lowest BCUT2D eigenvalue weighted by molar-refractivity contribution is -0.140. The quantitative estimate of drug-likeness (QED) is 0.478. The highest BCUT2D eigenvalue weighted by Crippen LogP contribution is 2.33. The van der Waals surface area contributed by atoms with Gasteiger partial charge in [-0.2, -0.15) is 18.3 Å². The summed E-state index contributed by atoms with van der Waals surface area (Å²) in [5.41, 5.74) is -1.13. The average Bonchev–Trinajstić information content (AvgIpc) is 2.75. The molecular weight excluding hydrogens is 413 g/mol. The molecule has 0 aliphatic heterocycles. The lowest BCUT2D eigenvalue weighted by atomic mass is 10.2. The molecule has 2 aromatic carbocycles. The molecule has 0 spiro atoms. The van der Waals surface area contributed by atoms with Crippen molar-refractivity contribution in [3.8, 4) is 11.5 Å². The fraction of sp³-hybridized carbons (Fsp3) is 0.273. The third-order valence-electron chi connectivity index (χ3n) is 4.38. The zero-order valence-corrected chi connectivity index (χ0v) is 16.8. The van der Waals surface area contributed by atoms with Crippen LogP contribution in [-0.2, 0) is 24.1 Å². The van der Waals surface area contributed by atoms with Gasteiger partial charge in [-0.15, -0.1) is 0 Å². The molecule has 0 saturated heterocycles. The summed E-state index contributed by atoms with van der Waals surface area (Å²) in [7, 11) is 1.50. The van der Waals surface area contributed by atoms with Gasteiger partial charge in [0, 0.05) is 0 Å². The molecular formula is C22H21F3N2O4. The standard InChI is InChI=1S/C22H21F3N2O4/c1-29-18-9-7-16(8-10-18)14-27-21(28)20(22(23,24)25)19(13-26-27)31-12-11-30-15-17-5-3-2-4-6-17/h2-10,13H,11-12,14-15H2,1H3. The van der Waals surface area contributed by atoms with Crippen molar-refractivity contribution in [3.63, 3.8) is 0 Å². The van der Waals surface area contributed by atoms with Crippen molar-refractivity contribution in [1.82, 2.24) is 9.78 Å². The predicted octanol–water partition coefficient (Wildman–Crippen LogP) is 3.91. The fourth-order valence-electron chi connectivity index (χ4n) is 2.84. The summed E-state index contributed by atoms with van der Waals surface area (Å²) in [4.78, 5) is 12.5. The van der Waals surface area contributed by atoms with Crippen LogP contribution in [0.3, 0.4) is 0 Å². The Morgan fingerprint density at radius 2 is 1.68 bits per heavy atom. The Kier molecular flexibility index (Phi) is 7.30. The average molecular weight is 434 g/mol. The first-order chi connectivity index (χ1) is 14.9. The summed E-state index contributed by atoms with van der Waals surface area (Å²) < 4.78 is 57.0. The molecule has 0 amide bonds. The van der Waals surface area contributed by atoms with Crippen molar-refractivity contribution < 1.29 is 27.4 Å². The summed E-state index contributed by atoms with van der Waals surface area (Å²) in [6.07, 6.45) is -3.98. The van der Waals surface area contributed by atoms with E-state index in [-0.39, 0.29) is 19.8 Å². The Balaban J connectivity index is 1.68. The zero-order chi connectivity index (χ0) is 22.3. The number of aromatic nitrogens is 2. The molecule has 0 atom stereocenters. The fourth-order valence-corrected chi connectivity index (χ4v) is 2.84. The van der Waals surface area contributed by atoms with Gasteiger partial charge in [0.25, 0.3) is 5.56 Å². The van der Waals surface area contributed by atoms with Crippen LogP contribution in [0.2, 0.25) is 0 Å². The van der Waals surface area contributed by atoms with Gasteiger partial charge >= 0.3 is 6.18 Å². The van der Waals surface area contributed by atoms with Gasteiger partial charge < -0.3 is 14.2 Å². The maximum absolute atomic E-state index is 13.6. The Labute approximate surface area is 176 Å². The highest BCUT2D eigenvalue weighted by atomic mass is 19.4. The van der Waals surface area contributed by atoms with E-state index in [0.29, 0.717) is 17.9 Å². The number of hydrogen-bond acceptors (Lipinski definition) is 5. The summed E-state index contributed by atoms with van der Waals surface area (Å²) in [5, 5.41) is 3.84. The summed E-state index contributed by atoms with van der Waals surface area (Å²) in [5.74, 6) is -0.0231. The number of alkyl halides is 3. The van der Waals surface area contributed by atoms with Gasteiger partial charge in [0.1, 0.15) is 12.4 Å². The van der Waals surface area contributed by atoms with Gasteiger partial charge in [-0.1, -0.05) is 42.5 Å². The Morgan fingerprint density at radius 3 is 2.32 bits per heavy atom. The Hall–Kier alpha value is -3.33. The second kappa shape index (κ2) is 10.1. The first-order valence-corrected chi connectivity index (χ1v) is 9.43. The van der Waals surface area contributed by atoms with Crippen LogP contribution in [-0.4, -0.2) is 30.1 Å². The van der Waals surface area contributed by atoms with Crippen LogP contribution in [0.25, 0.3) is 0 Å². The van der Waals surface area contributed by atoms with E-state index in [4.69, 9.17) is 14.2 Å². The molecule has 0 N–H and O–H groups in total. The highest BCUT2D eigenvalue weighted by Gasteiger charge is 2.39. The lowest BCUT2D eigenvalue weighted by Gasteiger charge is -2.15. The van der Waals surface area contributed by atoms with E-state index in [1.54, 1.807) is 24.3 Å². The SMILES string of the molecule is COc1ccc(Cn2ncc(OCCOCc3ccccc3)c(C(F)(F)F)c2=O)cc1. The third kappa shape index (κ3) is 6.08. The van der Waals surface area contributed by atoms with Crippen molar-refractivity contribution in [2.75, 3.05) is 20.3 Å². The summed E-state index contributed by atoms with van der Waals surface area (Å²) in [6.45, 7) is 0.0884. The van der Waals surface area contributed by atoms with Crippen LogP contribution in [0, 0.1) is 0 Å². The van der Waals surface area contributed by atoms with E-state index in [0.717, 1.165) is 16.4 Å². The minimum absolute atomic E-state index is 0.0567. The van der Waals surface area contributed by atoms with E-state index in [1.165, 1.54) is 7.11 Å². The molecule has 31 heavy (non-hydrogen) atoms. The zero-order valence-electron chi connectivity index (χ0n) is 16.8. The highest BCUT2D eigenvalue weighted by molar-refractivity contribution is 5.32. The van der Waals surface area contributed by atoms with E-state index < -0.39 is 23.0 Å². The first-order valence-electron chi connectivity index (χ1n) is 9.43. The number of rotatable bonds is 9. The lowest BCUT2D eigenvalue weighted by Crippen LogP contribution is -2.31. The van der Waals surface area contributed by atoms with Gasteiger partial charge in [-0.05, 0) is 23.3 Å². The van der Waals surface area contributed by atoms with Crippen LogP contribution >= 0.6 is 0 Å². The topological polar surface area (TPSA) is 62.6 Å². The molecule has 0 unspecified atom stereocenters. The van der Waals surface area contributed by atoms with Gasteiger partial charge in [0.05, 0.1) is 33.1 Å². The second-order valence-electron chi connectivity index (χ2n) is 6.58. The van der Waals surface area contributed by atoms with Crippen molar-refractivity contribution in [1.29, 1.82) is 0 Å². The van der Waals surface area contributed by atoms with Crippen LogP contribution in [0.5, 0.6) is 11.5 Å². The first kappa shape index (κ1) is 22.4. The number of methoxy groups -OCH3 is 1. The van der Waals surface area contributed by atoms with Crippen molar-refractivity contribution in [2.45, 2.75) is 19.3 Å². The maximum atomic E-state index is 13.6. The third-order valence-corrected chi connectivity index (χ3v) is 4.38. The van der Waals surface area contributed by atoms with Crippen molar-refractivity contribution in [3.05, 3.63) is 87.8 Å². The maximum Gasteiger partial charge on any atom is 0.425 e. The molecule has 3 aromatic rings. The smallest absolute Gasteiger partial charge is 0.425 e. The number of benzene rings is 2.